The fourth-order valence-electron chi connectivity index (χ4n) is 3.71. The molecule has 3 saturated heterocycles. The van der Waals surface area contributed by atoms with E-state index in [4.69, 9.17) is 14.2 Å². The topological polar surface area (TPSA) is 39.7 Å². The molecule has 0 saturated carbocycles. The minimum Gasteiger partial charge on any atom is -0.381 e. The lowest BCUT2D eigenvalue weighted by molar-refractivity contribution is -0.134. The van der Waals surface area contributed by atoms with Crippen molar-refractivity contribution in [2.45, 2.75) is 38.2 Å². The van der Waals surface area contributed by atoms with E-state index in [9.17, 15) is 0 Å². The van der Waals surface area contributed by atoms with Crippen molar-refractivity contribution in [3.63, 3.8) is 0 Å². The van der Waals surface area contributed by atoms with Crippen LogP contribution in [-0.4, -0.2) is 52.2 Å². The maximum atomic E-state index is 6.10. The Kier molecular flexibility index (Phi) is 4.74. The second-order valence-corrected chi connectivity index (χ2v) is 6.36. The summed E-state index contributed by atoms with van der Waals surface area (Å²) >= 11 is 0. The van der Waals surface area contributed by atoms with Gasteiger partial charge in [-0.2, -0.15) is 0 Å². The Hall–Kier alpha value is -0.160. The third-order valence-electron chi connectivity index (χ3n) is 4.97. The average Bonchev–Trinajstić information content (AvgIpc) is 2.48. The van der Waals surface area contributed by atoms with Gasteiger partial charge in [0, 0.05) is 38.4 Å². The molecule has 0 bridgehead atoms. The zero-order chi connectivity index (χ0) is 13.0. The molecule has 3 rings (SSSR count). The van der Waals surface area contributed by atoms with Crippen molar-refractivity contribution < 1.29 is 14.2 Å². The maximum absolute atomic E-state index is 6.10. The van der Waals surface area contributed by atoms with Crippen LogP contribution in [-0.2, 0) is 14.2 Å². The van der Waals surface area contributed by atoms with Gasteiger partial charge in [-0.15, -0.1) is 0 Å². The van der Waals surface area contributed by atoms with Crippen LogP contribution in [0.5, 0.6) is 0 Å². The highest BCUT2D eigenvalue weighted by atomic mass is 16.5. The lowest BCUT2D eigenvalue weighted by atomic mass is 9.73. The van der Waals surface area contributed by atoms with Gasteiger partial charge in [0.15, 0.2) is 0 Å². The summed E-state index contributed by atoms with van der Waals surface area (Å²) in [4.78, 5) is 0. The summed E-state index contributed by atoms with van der Waals surface area (Å²) in [7, 11) is 0. The first-order valence-corrected chi connectivity index (χ1v) is 7.87. The van der Waals surface area contributed by atoms with Crippen molar-refractivity contribution in [2.24, 2.45) is 11.3 Å². The molecule has 19 heavy (non-hydrogen) atoms. The molecule has 0 aromatic heterocycles. The standard InChI is InChI=1S/C15H27NO3/c1-5-15(11-16-6-2-14(15)19-7-1)12-18-10-13-3-8-17-9-4-13/h13-14,16H,1-12H2. The lowest BCUT2D eigenvalue weighted by Crippen LogP contribution is -2.55. The molecule has 3 aliphatic heterocycles. The van der Waals surface area contributed by atoms with Gasteiger partial charge in [0.25, 0.3) is 0 Å². The molecular weight excluding hydrogens is 242 g/mol. The summed E-state index contributed by atoms with van der Waals surface area (Å²) in [6, 6.07) is 0. The Bertz CT molecular complexity index is 267. The second-order valence-electron chi connectivity index (χ2n) is 6.36. The van der Waals surface area contributed by atoms with E-state index in [2.05, 4.69) is 5.32 Å². The first-order valence-electron chi connectivity index (χ1n) is 7.87. The normalized spacial score (nSPS) is 36.9. The number of hydrogen-bond acceptors (Lipinski definition) is 4. The molecule has 3 heterocycles. The highest BCUT2D eigenvalue weighted by Gasteiger charge is 2.43. The minimum atomic E-state index is 0.238. The predicted molar refractivity (Wildman–Crippen MR) is 73.3 cm³/mol. The Morgan fingerprint density at radius 3 is 2.95 bits per heavy atom. The number of rotatable bonds is 4. The van der Waals surface area contributed by atoms with Gasteiger partial charge in [0.05, 0.1) is 12.7 Å². The van der Waals surface area contributed by atoms with Crippen molar-refractivity contribution in [1.82, 2.24) is 5.32 Å². The molecule has 4 nitrogen and oxygen atoms in total. The first kappa shape index (κ1) is 13.8. The zero-order valence-electron chi connectivity index (χ0n) is 11.9. The van der Waals surface area contributed by atoms with E-state index in [1.54, 1.807) is 0 Å². The molecule has 4 heteroatoms. The van der Waals surface area contributed by atoms with Gasteiger partial charge < -0.3 is 19.5 Å². The maximum Gasteiger partial charge on any atom is 0.0677 e. The van der Waals surface area contributed by atoms with Crippen LogP contribution in [0, 0.1) is 11.3 Å². The van der Waals surface area contributed by atoms with Crippen molar-refractivity contribution in [1.29, 1.82) is 0 Å². The first-order chi connectivity index (χ1) is 9.39. The van der Waals surface area contributed by atoms with E-state index in [0.29, 0.717) is 12.0 Å². The molecule has 3 aliphatic rings. The third kappa shape index (κ3) is 3.30. The van der Waals surface area contributed by atoms with Crippen LogP contribution in [0.1, 0.15) is 32.1 Å². The van der Waals surface area contributed by atoms with Gasteiger partial charge in [0.2, 0.25) is 0 Å². The predicted octanol–water partition coefficient (Wildman–Crippen LogP) is 1.59. The van der Waals surface area contributed by atoms with Crippen molar-refractivity contribution >= 4 is 0 Å². The largest absolute Gasteiger partial charge is 0.381 e. The van der Waals surface area contributed by atoms with Gasteiger partial charge in [-0.3, -0.25) is 0 Å². The SMILES string of the molecule is C1COC2CCNCC2(COCC2CCOCC2)C1. The number of ether oxygens (including phenoxy) is 3. The van der Waals surface area contributed by atoms with Gasteiger partial charge in [-0.1, -0.05) is 0 Å². The number of nitrogens with one attached hydrogen (secondary N) is 1. The van der Waals surface area contributed by atoms with Crippen molar-refractivity contribution in [3.8, 4) is 0 Å². The quantitative estimate of drug-likeness (QED) is 0.841. The summed E-state index contributed by atoms with van der Waals surface area (Å²) in [5.41, 5.74) is 0.238. The van der Waals surface area contributed by atoms with E-state index in [1.165, 1.54) is 12.8 Å². The van der Waals surface area contributed by atoms with E-state index in [0.717, 1.165) is 65.4 Å². The molecule has 0 radical (unpaired) electrons. The Labute approximate surface area is 116 Å². The van der Waals surface area contributed by atoms with Crippen LogP contribution < -0.4 is 5.32 Å². The van der Waals surface area contributed by atoms with E-state index in [1.807, 2.05) is 0 Å². The summed E-state index contributed by atoms with van der Waals surface area (Å²) in [5, 5.41) is 3.53. The second kappa shape index (κ2) is 6.53. The Morgan fingerprint density at radius 1 is 1.16 bits per heavy atom. The van der Waals surface area contributed by atoms with Crippen molar-refractivity contribution in [3.05, 3.63) is 0 Å². The Morgan fingerprint density at radius 2 is 2.05 bits per heavy atom. The molecule has 0 spiro atoms. The van der Waals surface area contributed by atoms with Crippen LogP contribution in [0.2, 0.25) is 0 Å². The van der Waals surface area contributed by atoms with Crippen LogP contribution in [0.3, 0.4) is 0 Å². The van der Waals surface area contributed by atoms with Gasteiger partial charge >= 0.3 is 0 Å². The van der Waals surface area contributed by atoms with Crippen LogP contribution in [0.4, 0.5) is 0 Å². The monoisotopic (exact) mass is 269 g/mol. The van der Waals surface area contributed by atoms with Crippen LogP contribution in [0.25, 0.3) is 0 Å². The smallest absolute Gasteiger partial charge is 0.0677 e. The molecule has 3 fully saturated rings. The van der Waals surface area contributed by atoms with Gasteiger partial charge in [0.1, 0.15) is 0 Å². The number of fused-ring (bicyclic) bond motifs is 1. The van der Waals surface area contributed by atoms with Gasteiger partial charge in [-0.25, -0.2) is 0 Å². The molecule has 1 N–H and O–H groups in total. The highest BCUT2D eigenvalue weighted by molar-refractivity contribution is 4.95. The average molecular weight is 269 g/mol. The van der Waals surface area contributed by atoms with Gasteiger partial charge in [-0.05, 0) is 44.6 Å². The highest BCUT2D eigenvalue weighted by Crippen LogP contribution is 2.38. The fourth-order valence-corrected chi connectivity index (χ4v) is 3.71. The third-order valence-corrected chi connectivity index (χ3v) is 4.97. The summed E-state index contributed by atoms with van der Waals surface area (Å²) < 4.78 is 17.5. The summed E-state index contributed by atoms with van der Waals surface area (Å²) in [6.45, 7) is 6.67. The molecule has 2 unspecified atom stereocenters. The molecule has 0 aliphatic carbocycles. The lowest BCUT2D eigenvalue weighted by Gasteiger charge is -2.47. The molecule has 0 amide bonds. The van der Waals surface area contributed by atoms with Crippen molar-refractivity contribution in [2.75, 3.05) is 46.1 Å². The molecule has 0 aromatic carbocycles. The van der Waals surface area contributed by atoms with Crippen LogP contribution >= 0.6 is 0 Å². The summed E-state index contributed by atoms with van der Waals surface area (Å²) in [5.74, 6) is 0.699. The molecule has 2 atom stereocenters. The van der Waals surface area contributed by atoms with E-state index in [-0.39, 0.29) is 5.41 Å². The minimum absolute atomic E-state index is 0.238. The molecule has 0 aromatic rings. The van der Waals surface area contributed by atoms with Crippen LogP contribution in [0.15, 0.2) is 0 Å². The fraction of sp³-hybridized carbons (Fsp3) is 1.00. The van der Waals surface area contributed by atoms with E-state index >= 15 is 0 Å². The zero-order valence-corrected chi connectivity index (χ0v) is 11.9. The van der Waals surface area contributed by atoms with E-state index < -0.39 is 0 Å². The molecular formula is C15H27NO3. The Balaban J connectivity index is 1.48. The summed E-state index contributed by atoms with van der Waals surface area (Å²) in [6.07, 6.45) is 6.30. The number of piperidine rings is 1. The molecule has 110 valence electrons. The number of hydrogen-bond donors (Lipinski definition) is 1.